The highest BCUT2D eigenvalue weighted by atomic mass is 16.5. The molecule has 0 bridgehead atoms. The van der Waals surface area contributed by atoms with Gasteiger partial charge in [0.25, 0.3) is 0 Å². The number of amides is 1. The first-order valence-electron chi connectivity index (χ1n) is 8.58. The predicted octanol–water partition coefficient (Wildman–Crippen LogP) is 0.506. The van der Waals surface area contributed by atoms with Gasteiger partial charge in [-0.15, -0.1) is 0 Å². The molecular weight excluding hydrogens is 308 g/mol. The van der Waals surface area contributed by atoms with Crippen molar-refractivity contribution < 1.29 is 14.3 Å². The second-order valence-corrected chi connectivity index (χ2v) is 7.27. The molecule has 134 valence electrons. The van der Waals surface area contributed by atoms with E-state index in [9.17, 15) is 4.79 Å². The van der Waals surface area contributed by atoms with Gasteiger partial charge in [-0.25, -0.2) is 0 Å². The zero-order chi connectivity index (χ0) is 17.2. The summed E-state index contributed by atoms with van der Waals surface area (Å²) in [6.07, 6.45) is 6.26. The summed E-state index contributed by atoms with van der Waals surface area (Å²) < 4.78 is 13.6. The maximum atomic E-state index is 11.7. The Kier molecular flexibility index (Phi) is 5.22. The summed E-state index contributed by atoms with van der Waals surface area (Å²) >= 11 is 0. The van der Waals surface area contributed by atoms with Gasteiger partial charge in [-0.05, 0) is 12.8 Å². The van der Waals surface area contributed by atoms with E-state index in [1.165, 1.54) is 5.56 Å². The first-order valence-corrected chi connectivity index (χ1v) is 8.58. The van der Waals surface area contributed by atoms with Crippen LogP contribution in [0.15, 0.2) is 12.4 Å². The number of piperidine rings is 1. The van der Waals surface area contributed by atoms with E-state index in [1.807, 2.05) is 17.9 Å². The maximum Gasteiger partial charge on any atom is 0.248 e. The highest BCUT2D eigenvalue weighted by Crippen LogP contribution is 2.41. The van der Waals surface area contributed by atoms with Crippen molar-refractivity contribution in [3.8, 4) is 0 Å². The fourth-order valence-electron chi connectivity index (χ4n) is 3.76. The van der Waals surface area contributed by atoms with Gasteiger partial charge in [0.05, 0.1) is 18.9 Å². The van der Waals surface area contributed by atoms with E-state index in [-0.39, 0.29) is 24.0 Å². The Labute approximate surface area is 143 Å². The largest absolute Gasteiger partial charge is 0.377 e. The van der Waals surface area contributed by atoms with Crippen LogP contribution in [-0.2, 0) is 27.9 Å². The summed E-state index contributed by atoms with van der Waals surface area (Å²) in [5.74, 6) is 0.00453. The molecule has 7 nitrogen and oxygen atoms in total. The number of likely N-dealkylation sites (tertiary alicyclic amines) is 1. The summed E-state index contributed by atoms with van der Waals surface area (Å²) in [6.45, 7) is 4.39. The van der Waals surface area contributed by atoms with E-state index in [2.05, 4.69) is 16.2 Å². The van der Waals surface area contributed by atoms with Crippen LogP contribution in [-0.4, -0.2) is 78.6 Å². The first-order chi connectivity index (χ1) is 11.5. The van der Waals surface area contributed by atoms with Gasteiger partial charge in [-0.2, -0.15) is 5.10 Å². The zero-order valence-corrected chi connectivity index (χ0v) is 14.9. The van der Waals surface area contributed by atoms with E-state index in [0.717, 1.165) is 39.1 Å². The van der Waals surface area contributed by atoms with Gasteiger partial charge < -0.3 is 14.4 Å². The summed E-state index contributed by atoms with van der Waals surface area (Å²) in [6, 6.07) is 0. The van der Waals surface area contributed by atoms with Gasteiger partial charge in [-0.1, -0.05) is 0 Å². The van der Waals surface area contributed by atoms with Crippen LogP contribution >= 0.6 is 0 Å². The Morgan fingerprint density at radius 3 is 3.08 bits per heavy atom. The molecule has 0 aliphatic carbocycles. The molecule has 2 atom stereocenters. The van der Waals surface area contributed by atoms with Crippen molar-refractivity contribution in [2.75, 3.05) is 47.0 Å². The molecule has 1 aromatic rings. The van der Waals surface area contributed by atoms with Crippen LogP contribution in [0.2, 0.25) is 0 Å². The fraction of sp³-hybridized carbons (Fsp3) is 0.765. The normalized spacial score (nSPS) is 27.2. The SMILES string of the molecule is CN(C)C(=O)COC[C@@]12CCO[C@@H]1CCN(Cc1cnn(C)c1)C2. The van der Waals surface area contributed by atoms with Crippen molar-refractivity contribution in [2.24, 2.45) is 12.5 Å². The molecular formula is C17H28N4O3. The minimum Gasteiger partial charge on any atom is -0.377 e. The lowest BCUT2D eigenvalue weighted by Gasteiger charge is -2.43. The Morgan fingerprint density at radius 2 is 2.38 bits per heavy atom. The lowest BCUT2D eigenvalue weighted by atomic mass is 9.77. The fourth-order valence-corrected chi connectivity index (χ4v) is 3.76. The number of hydrogen-bond acceptors (Lipinski definition) is 5. The third-order valence-electron chi connectivity index (χ3n) is 5.13. The predicted molar refractivity (Wildman–Crippen MR) is 89.4 cm³/mol. The summed E-state index contributed by atoms with van der Waals surface area (Å²) in [4.78, 5) is 15.8. The summed E-state index contributed by atoms with van der Waals surface area (Å²) in [7, 11) is 5.45. The average Bonchev–Trinajstić information content (AvgIpc) is 3.13. The maximum absolute atomic E-state index is 11.7. The minimum absolute atomic E-state index is 0.00453. The number of carbonyl (C=O) groups excluding carboxylic acids is 1. The van der Waals surface area contributed by atoms with Crippen LogP contribution in [0.3, 0.4) is 0 Å². The third kappa shape index (κ3) is 3.79. The number of likely N-dealkylation sites (N-methyl/N-ethyl adjacent to an activating group) is 1. The highest BCUT2D eigenvalue weighted by Gasteiger charge is 2.48. The van der Waals surface area contributed by atoms with Gasteiger partial charge in [0.2, 0.25) is 5.91 Å². The van der Waals surface area contributed by atoms with Gasteiger partial charge in [-0.3, -0.25) is 14.4 Å². The molecule has 0 spiro atoms. The molecule has 0 saturated carbocycles. The van der Waals surface area contributed by atoms with Crippen molar-refractivity contribution in [3.05, 3.63) is 18.0 Å². The molecule has 2 aliphatic heterocycles. The molecule has 1 aromatic heterocycles. The number of hydrogen-bond donors (Lipinski definition) is 0. The second kappa shape index (κ2) is 7.21. The van der Waals surface area contributed by atoms with Crippen LogP contribution < -0.4 is 0 Å². The Hall–Kier alpha value is -1.44. The summed E-state index contributed by atoms with van der Waals surface area (Å²) in [5, 5.41) is 4.25. The number of aryl methyl sites for hydroxylation is 1. The molecule has 0 aromatic carbocycles. The Bertz CT molecular complexity index is 574. The number of rotatable bonds is 6. The number of nitrogens with zero attached hydrogens (tertiary/aromatic N) is 4. The highest BCUT2D eigenvalue weighted by molar-refractivity contribution is 5.76. The van der Waals surface area contributed by atoms with E-state index in [0.29, 0.717) is 6.61 Å². The van der Waals surface area contributed by atoms with Crippen molar-refractivity contribution in [1.82, 2.24) is 19.6 Å². The molecule has 0 radical (unpaired) electrons. The van der Waals surface area contributed by atoms with Crippen LogP contribution in [0, 0.1) is 5.41 Å². The topological polar surface area (TPSA) is 59.8 Å². The molecule has 7 heteroatoms. The van der Waals surface area contributed by atoms with Gasteiger partial charge in [0, 0.05) is 64.6 Å². The molecule has 0 N–H and O–H groups in total. The monoisotopic (exact) mass is 336 g/mol. The quantitative estimate of drug-likeness (QED) is 0.757. The Balaban J connectivity index is 1.59. The van der Waals surface area contributed by atoms with Gasteiger partial charge >= 0.3 is 0 Å². The van der Waals surface area contributed by atoms with Crippen molar-refractivity contribution in [1.29, 1.82) is 0 Å². The standard InChI is InChI=1S/C17H28N4O3/c1-19(2)16(22)11-23-13-17-5-7-24-15(17)4-6-21(12-17)10-14-8-18-20(3)9-14/h8-9,15H,4-7,10-13H2,1-3H3/t15-,17+/m1/s1. The lowest BCUT2D eigenvalue weighted by Crippen LogP contribution is -2.51. The van der Waals surface area contributed by atoms with Crippen LogP contribution in [0.1, 0.15) is 18.4 Å². The van der Waals surface area contributed by atoms with E-state index >= 15 is 0 Å². The second-order valence-electron chi connectivity index (χ2n) is 7.27. The lowest BCUT2D eigenvalue weighted by molar-refractivity contribution is -0.136. The van der Waals surface area contributed by atoms with Crippen molar-refractivity contribution in [3.63, 3.8) is 0 Å². The van der Waals surface area contributed by atoms with Crippen molar-refractivity contribution in [2.45, 2.75) is 25.5 Å². The number of ether oxygens (including phenoxy) is 2. The van der Waals surface area contributed by atoms with Gasteiger partial charge in [0.1, 0.15) is 6.61 Å². The van der Waals surface area contributed by atoms with Crippen LogP contribution in [0.4, 0.5) is 0 Å². The van der Waals surface area contributed by atoms with Crippen LogP contribution in [0.5, 0.6) is 0 Å². The molecule has 2 aliphatic rings. The smallest absolute Gasteiger partial charge is 0.248 e. The molecule has 2 fully saturated rings. The molecule has 2 saturated heterocycles. The van der Waals surface area contributed by atoms with E-state index in [4.69, 9.17) is 9.47 Å². The molecule has 24 heavy (non-hydrogen) atoms. The number of carbonyl (C=O) groups is 1. The first kappa shape index (κ1) is 17.4. The van der Waals surface area contributed by atoms with Gasteiger partial charge in [0.15, 0.2) is 0 Å². The Morgan fingerprint density at radius 1 is 1.54 bits per heavy atom. The minimum atomic E-state index is 0.00453. The molecule has 0 unspecified atom stereocenters. The molecule has 3 rings (SSSR count). The van der Waals surface area contributed by atoms with Crippen LogP contribution in [0.25, 0.3) is 0 Å². The zero-order valence-electron chi connectivity index (χ0n) is 14.9. The number of fused-ring (bicyclic) bond motifs is 1. The average molecular weight is 336 g/mol. The third-order valence-corrected chi connectivity index (χ3v) is 5.13. The number of aromatic nitrogens is 2. The summed E-state index contributed by atoms with van der Waals surface area (Å²) in [5.41, 5.74) is 1.24. The van der Waals surface area contributed by atoms with E-state index < -0.39 is 0 Å². The van der Waals surface area contributed by atoms with E-state index in [1.54, 1.807) is 19.0 Å². The molecule has 1 amide bonds. The van der Waals surface area contributed by atoms with Crippen molar-refractivity contribution >= 4 is 5.91 Å². The molecule has 3 heterocycles.